The Kier molecular flexibility index (Phi) is 5.51. The zero-order chi connectivity index (χ0) is 15.1. The Morgan fingerprint density at radius 1 is 1.00 bits per heavy atom. The fraction of sp³-hybridized carbons (Fsp3) is 0.375. The molecule has 1 heterocycles. The molecule has 2 N–H and O–H groups in total. The van der Waals surface area contributed by atoms with Gasteiger partial charge in [-0.2, -0.15) is 0 Å². The third-order valence-corrected chi connectivity index (χ3v) is 2.94. The van der Waals surface area contributed by atoms with E-state index in [0.29, 0.717) is 12.0 Å². The van der Waals surface area contributed by atoms with Crippen LogP contribution >= 0.6 is 0 Å². The fourth-order valence-electron chi connectivity index (χ4n) is 1.87. The zero-order valence-electron chi connectivity index (χ0n) is 12.8. The van der Waals surface area contributed by atoms with Gasteiger partial charge in [0.25, 0.3) is 0 Å². The molecular weight excluding hydrogens is 264 g/mol. The summed E-state index contributed by atoms with van der Waals surface area (Å²) in [6, 6.07) is 8.37. The van der Waals surface area contributed by atoms with Crippen LogP contribution in [-0.2, 0) is 13.1 Å². The zero-order valence-corrected chi connectivity index (χ0v) is 12.8. The second kappa shape index (κ2) is 7.59. The van der Waals surface area contributed by atoms with E-state index in [-0.39, 0.29) is 0 Å². The van der Waals surface area contributed by atoms with Gasteiger partial charge in [-0.25, -0.2) is 9.97 Å². The Morgan fingerprint density at radius 2 is 1.62 bits per heavy atom. The summed E-state index contributed by atoms with van der Waals surface area (Å²) in [6.07, 6.45) is 3.69. The van der Waals surface area contributed by atoms with Gasteiger partial charge < -0.3 is 15.4 Å². The van der Waals surface area contributed by atoms with Crippen molar-refractivity contribution in [2.75, 3.05) is 12.4 Å². The van der Waals surface area contributed by atoms with E-state index in [1.807, 2.05) is 24.5 Å². The minimum absolute atomic E-state index is 0.337. The lowest BCUT2D eigenvalue weighted by Gasteiger charge is -2.09. The van der Waals surface area contributed by atoms with Crippen molar-refractivity contribution in [1.29, 1.82) is 0 Å². The van der Waals surface area contributed by atoms with Gasteiger partial charge in [0.15, 0.2) is 0 Å². The van der Waals surface area contributed by atoms with Gasteiger partial charge in [0.1, 0.15) is 5.75 Å². The smallest absolute Gasteiger partial charge is 0.222 e. The SMILES string of the molecule is COc1ccc(CNCc2cnc(NC(C)C)nc2)cc1. The number of ether oxygens (including phenoxy) is 1. The summed E-state index contributed by atoms with van der Waals surface area (Å²) < 4.78 is 5.14. The molecule has 0 bridgehead atoms. The average molecular weight is 286 g/mol. The minimum atomic E-state index is 0.337. The molecule has 1 aromatic carbocycles. The van der Waals surface area contributed by atoms with Gasteiger partial charge in [-0.1, -0.05) is 12.1 Å². The number of hydrogen-bond acceptors (Lipinski definition) is 5. The number of aromatic nitrogens is 2. The largest absolute Gasteiger partial charge is 0.497 e. The molecule has 21 heavy (non-hydrogen) atoms. The Balaban J connectivity index is 1.79. The summed E-state index contributed by atoms with van der Waals surface area (Å²) in [5.74, 6) is 1.55. The molecule has 2 rings (SSSR count). The first-order chi connectivity index (χ1) is 10.2. The molecule has 112 valence electrons. The van der Waals surface area contributed by atoms with Crippen LogP contribution in [0.3, 0.4) is 0 Å². The van der Waals surface area contributed by atoms with Crippen LogP contribution in [0.2, 0.25) is 0 Å². The van der Waals surface area contributed by atoms with Crippen molar-refractivity contribution in [2.24, 2.45) is 0 Å². The normalized spacial score (nSPS) is 10.7. The molecule has 1 aromatic heterocycles. The van der Waals surface area contributed by atoms with Gasteiger partial charge in [-0.05, 0) is 31.5 Å². The monoisotopic (exact) mass is 286 g/mol. The van der Waals surface area contributed by atoms with Crippen LogP contribution in [0, 0.1) is 0 Å². The third kappa shape index (κ3) is 5.04. The highest BCUT2D eigenvalue weighted by Crippen LogP contribution is 2.11. The molecule has 5 nitrogen and oxygen atoms in total. The predicted octanol–water partition coefficient (Wildman–Crippen LogP) is 2.60. The lowest BCUT2D eigenvalue weighted by atomic mass is 10.2. The van der Waals surface area contributed by atoms with Crippen molar-refractivity contribution in [3.63, 3.8) is 0 Å². The molecule has 2 aromatic rings. The summed E-state index contributed by atoms with van der Waals surface area (Å²) in [6.45, 7) is 5.67. The van der Waals surface area contributed by atoms with E-state index in [1.165, 1.54) is 5.56 Å². The molecule has 0 aliphatic rings. The number of nitrogens with zero attached hydrogens (tertiary/aromatic N) is 2. The molecule has 0 aliphatic carbocycles. The number of rotatable bonds is 7. The van der Waals surface area contributed by atoms with E-state index in [4.69, 9.17) is 4.74 Å². The van der Waals surface area contributed by atoms with E-state index in [9.17, 15) is 0 Å². The van der Waals surface area contributed by atoms with Crippen LogP contribution in [0.1, 0.15) is 25.0 Å². The van der Waals surface area contributed by atoms with Gasteiger partial charge in [0, 0.05) is 37.1 Å². The standard InChI is InChI=1S/C16H22N4O/c1-12(2)20-16-18-10-14(11-19-16)9-17-8-13-4-6-15(21-3)7-5-13/h4-7,10-12,17H,8-9H2,1-3H3,(H,18,19,20). The second-order valence-corrected chi connectivity index (χ2v) is 5.17. The topological polar surface area (TPSA) is 59.1 Å². The van der Waals surface area contributed by atoms with Gasteiger partial charge in [0.2, 0.25) is 5.95 Å². The summed E-state index contributed by atoms with van der Waals surface area (Å²) in [5.41, 5.74) is 2.28. The van der Waals surface area contributed by atoms with E-state index >= 15 is 0 Å². The highest BCUT2D eigenvalue weighted by atomic mass is 16.5. The van der Waals surface area contributed by atoms with E-state index < -0.39 is 0 Å². The molecule has 0 unspecified atom stereocenters. The second-order valence-electron chi connectivity index (χ2n) is 5.17. The molecule has 0 fully saturated rings. The molecule has 0 radical (unpaired) electrons. The van der Waals surface area contributed by atoms with Crippen LogP contribution < -0.4 is 15.4 Å². The number of hydrogen-bond donors (Lipinski definition) is 2. The average Bonchev–Trinajstić information content (AvgIpc) is 2.49. The summed E-state index contributed by atoms with van der Waals surface area (Å²) in [7, 11) is 1.67. The van der Waals surface area contributed by atoms with Crippen LogP contribution in [0.15, 0.2) is 36.7 Å². The Hall–Kier alpha value is -2.14. The molecule has 5 heteroatoms. The molecule has 0 amide bonds. The van der Waals surface area contributed by atoms with E-state index in [1.54, 1.807) is 7.11 Å². The lowest BCUT2D eigenvalue weighted by Crippen LogP contribution is -2.15. The van der Waals surface area contributed by atoms with E-state index in [0.717, 1.165) is 24.4 Å². The van der Waals surface area contributed by atoms with Gasteiger partial charge in [-0.3, -0.25) is 0 Å². The van der Waals surface area contributed by atoms with Crippen molar-refractivity contribution in [3.05, 3.63) is 47.8 Å². The quantitative estimate of drug-likeness (QED) is 0.819. The maximum absolute atomic E-state index is 5.14. The minimum Gasteiger partial charge on any atom is -0.497 e. The molecular formula is C16H22N4O. The van der Waals surface area contributed by atoms with Crippen molar-refractivity contribution >= 4 is 5.95 Å². The highest BCUT2D eigenvalue weighted by Gasteiger charge is 2.00. The van der Waals surface area contributed by atoms with Gasteiger partial charge in [-0.15, -0.1) is 0 Å². The molecule has 0 saturated heterocycles. The van der Waals surface area contributed by atoms with Crippen molar-refractivity contribution in [2.45, 2.75) is 33.0 Å². The first kappa shape index (κ1) is 15.3. The number of anilines is 1. The molecule has 0 saturated carbocycles. The first-order valence-electron chi connectivity index (χ1n) is 7.08. The van der Waals surface area contributed by atoms with Crippen LogP contribution in [0.25, 0.3) is 0 Å². The number of nitrogens with one attached hydrogen (secondary N) is 2. The van der Waals surface area contributed by atoms with Gasteiger partial charge in [0.05, 0.1) is 7.11 Å². The number of methoxy groups -OCH3 is 1. The molecule has 0 aliphatic heterocycles. The van der Waals surface area contributed by atoms with Crippen LogP contribution in [0.4, 0.5) is 5.95 Å². The molecule has 0 atom stereocenters. The Bertz CT molecular complexity index is 537. The Labute approximate surface area is 125 Å². The summed E-state index contributed by atoms with van der Waals surface area (Å²) in [5, 5.41) is 6.54. The lowest BCUT2D eigenvalue weighted by molar-refractivity contribution is 0.414. The first-order valence-corrected chi connectivity index (χ1v) is 7.08. The molecule has 0 spiro atoms. The van der Waals surface area contributed by atoms with Gasteiger partial charge >= 0.3 is 0 Å². The number of benzene rings is 1. The maximum Gasteiger partial charge on any atom is 0.222 e. The Morgan fingerprint density at radius 3 is 2.19 bits per heavy atom. The maximum atomic E-state index is 5.14. The van der Waals surface area contributed by atoms with Crippen LogP contribution in [0.5, 0.6) is 5.75 Å². The van der Waals surface area contributed by atoms with Crippen molar-refractivity contribution in [1.82, 2.24) is 15.3 Å². The summed E-state index contributed by atoms with van der Waals surface area (Å²) >= 11 is 0. The third-order valence-electron chi connectivity index (χ3n) is 2.94. The highest BCUT2D eigenvalue weighted by molar-refractivity contribution is 5.27. The van der Waals surface area contributed by atoms with Crippen LogP contribution in [-0.4, -0.2) is 23.1 Å². The fourth-order valence-corrected chi connectivity index (χ4v) is 1.87. The summed E-state index contributed by atoms with van der Waals surface area (Å²) in [4.78, 5) is 8.58. The predicted molar refractivity (Wildman–Crippen MR) is 84.3 cm³/mol. The van der Waals surface area contributed by atoms with E-state index in [2.05, 4.69) is 46.6 Å². The van der Waals surface area contributed by atoms with Crippen molar-refractivity contribution < 1.29 is 4.74 Å². The van der Waals surface area contributed by atoms with Crippen molar-refractivity contribution in [3.8, 4) is 5.75 Å².